The standard InChI is InChI=1S/C14H14FN3O/c1-8-13-11(9-3-5-10(15)6-4-9)7-12(19)16-14(13)18(2)17-8/h3-6,11H,7H2,1-2H3,(H,16,19)/t11-/m1/s1. The molecule has 1 aromatic heterocycles. The number of amides is 1. The molecule has 0 bridgehead atoms. The molecule has 0 unspecified atom stereocenters. The van der Waals surface area contributed by atoms with Gasteiger partial charge < -0.3 is 5.32 Å². The van der Waals surface area contributed by atoms with Gasteiger partial charge in [0.15, 0.2) is 0 Å². The number of halogens is 1. The van der Waals surface area contributed by atoms with Gasteiger partial charge in [-0.15, -0.1) is 0 Å². The van der Waals surface area contributed by atoms with Crippen molar-refractivity contribution in [1.29, 1.82) is 0 Å². The molecule has 98 valence electrons. The molecule has 1 aliphatic heterocycles. The maximum atomic E-state index is 13.0. The van der Waals surface area contributed by atoms with Crippen molar-refractivity contribution in [3.8, 4) is 0 Å². The van der Waals surface area contributed by atoms with E-state index >= 15 is 0 Å². The number of anilines is 1. The second kappa shape index (κ2) is 4.19. The summed E-state index contributed by atoms with van der Waals surface area (Å²) >= 11 is 0. The fraction of sp³-hybridized carbons (Fsp3) is 0.286. The molecule has 1 amide bonds. The molecular weight excluding hydrogens is 245 g/mol. The van der Waals surface area contributed by atoms with Crippen LogP contribution in [0.4, 0.5) is 10.2 Å². The minimum Gasteiger partial charge on any atom is -0.311 e. The second-order valence-corrected chi connectivity index (χ2v) is 4.83. The van der Waals surface area contributed by atoms with E-state index in [4.69, 9.17) is 0 Å². The number of hydrogen-bond donors (Lipinski definition) is 1. The highest BCUT2D eigenvalue weighted by atomic mass is 19.1. The van der Waals surface area contributed by atoms with E-state index in [-0.39, 0.29) is 17.6 Å². The van der Waals surface area contributed by atoms with Crippen LogP contribution >= 0.6 is 0 Å². The molecule has 0 radical (unpaired) electrons. The maximum Gasteiger partial charge on any atom is 0.226 e. The largest absolute Gasteiger partial charge is 0.311 e. The summed E-state index contributed by atoms with van der Waals surface area (Å²) in [7, 11) is 1.80. The van der Waals surface area contributed by atoms with E-state index in [1.165, 1.54) is 12.1 Å². The van der Waals surface area contributed by atoms with Crippen molar-refractivity contribution in [3.05, 3.63) is 46.9 Å². The zero-order chi connectivity index (χ0) is 13.6. The lowest BCUT2D eigenvalue weighted by Crippen LogP contribution is -2.24. The fourth-order valence-electron chi connectivity index (χ4n) is 2.69. The van der Waals surface area contributed by atoms with Crippen LogP contribution in [0.3, 0.4) is 0 Å². The quantitative estimate of drug-likeness (QED) is 0.854. The Hall–Kier alpha value is -2.17. The normalized spacial score (nSPS) is 18.1. The molecule has 1 aliphatic rings. The molecule has 0 aliphatic carbocycles. The zero-order valence-electron chi connectivity index (χ0n) is 10.8. The van der Waals surface area contributed by atoms with Crippen LogP contribution in [0.1, 0.15) is 29.2 Å². The molecule has 2 aromatic rings. The average Bonchev–Trinajstić information content (AvgIpc) is 2.65. The van der Waals surface area contributed by atoms with E-state index in [1.54, 1.807) is 23.9 Å². The lowest BCUT2D eigenvalue weighted by molar-refractivity contribution is -0.116. The predicted octanol–water partition coefficient (Wildman–Crippen LogP) is 2.34. The summed E-state index contributed by atoms with van der Waals surface area (Å²) in [6.45, 7) is 1.92. The van der Waals surface area contributed by atoms with Crippen molar-refractivity contribution in [2.24, 2.45) is 7.05 Å². The number of benzene rings is 1. The SMILES string of the molecule is Cc1nn(C)c2c1[C@@H](c1ccc(F)cc1)CC(=O)N2. The summed E-state index contributed by atoms with van der Waals surface area (Å²) in [5, 5.41) is 7.20. The van der Waals surface area contributed by atoms with Gasteiger partial charge in [-0.2, -0.15) is 5.10 Å². The van der Waals surface area contributed by atoms with Gasteiger partial charge in [0.1, 0.15) is 11.6 Å². The van der Waals surface area contributed by atoms with Crippen LogP contribution in [0.2, 0.25) is 0 Å². The van der Waals surface area contributed by atoms with Gasteiger partial charge in [-0.25, -0.2) is 4.39 Å². The summed E-state index contributed by atoms with van der Waals surface area (Å²) in [4.78, 5) is 11.8. The number of nitrogens with one attached hydrogen (secondary N) is 1. The molecule has 0 saturated carbocycles. The minimum atomic E-state index is -0.271. The van der Waals surface area contributed by atoms with Crippen molar-refractivity contribution in [1.82, 2.24) is 9.78 Å². The number of aromatic nitrogens is 2. The maximum absolute atomic E-state index is 13.0. The van der Waals surface area contributed by atoms with E-state index in [9.17, 15) is 9.18 Å². The van der Waals surface area contributed by atoms with Crippen molar-refractivity contribution in [3.63, 3.8) is 0 Å². The Kier molecular flexibility index (Phi) is 2.62. The summed E-state index contributed by atoms with van der Waals surface area (Å²) in [6, 6.07) is 6.31. The Morgan fingerprint density at radius 2 is 2.05 bits per heavy atom. The molecule has 1 aromatic carbocycles. The molecule has 0 fully saturated rings. The van der Waals surface area contributed by atoms with E-state index < -0.39 is 0 Å². The third-order valence-corrected chi connectivity index (χ3v) is 3.54. The number of hydrogen-bond acceptors (Lipinski definition) is 2. The van der Waals surface area contributed by atoms with Crippen molar-refractivity contribution < 1.29 is 9.18 Å². The summed E-state index contributed by atoms with van der Waals surface area (Å²) < 4.78 is 14.7. The van der Waals surface area contributed by atoms with Gasteiger partial charge >= 0.3 is 0 Å². The topological polar surface area (TPSA) is 46.9 Å². The molecular formula is C14H14FN3O. The number of fused-ring (bicyclic) bond motifs is 1. The molecule has 1 N–H and O–H groups in total. The Labute approximate surface area is 110 Å². The first-order valence-electron chi connectivity index (χ1n) is 6.15. The molecule has 1 atom stereocenters. The molecule has 4 nitrogen and oxygen atoms in total. The molecule has 0 spiro atoms. The Bertz CT molecular complexity index is 645. The second-order valence-electron chi connectivity index (χ2n) is 4.83. The minimum absolute atomic E-state index is 0.0372. The van der Waals surface area contributed by atoms with Crippen molar-refractivity contribution in [2.45, 2.75) is 19.3 Å². The summed E-state index contributed by atoms with van der Waals surface area (Å²) in [6.07, 6.45) is 0.366. The molecule has 0 saturated heterocycles. The van der Waals surface area contributed by atoms with E-state index in [2.05, 4.69) is 10.4 Å². The van der Waals surface area contributed by atoms with Crippen LogP contribution in [0, 0.1) is 12.7 Å². The lowest BCUT2D eigenvalue weighted by atomic mass is 9.86. The smallest absolute Gasteiger partial charge is 0.226 e. The van der Waals surface area contributed by atoms with Gasteiger partial charge in [0.2, 0.25) is 5.91 Å². The lowest BCUT2D eigenvalue weighted by Gasteiger charge is -2.24. The van der Waals surface area contributed by atoms with Crippen LogP contribution < -0.4 is 5.32 Å². The zero-order valence-corrected chi connectivity index (χ0v) is 10.8. The van der Waals surface area contributed by atoms with Crippen molar-refractivity contribution >= 4 is 11.7 Å². The van der Waals surface area contributed by atoms with E-state index in [1.807, 2.05) is 6.92 Å². The Morgan fingerprint density at radius 1 is 1.37 bits per heavy atom. The van der Waals surface area contributed by atoms with Crippen molar-refractivity contribution in [2.75, 3.05) is 5.32 Å². The van der Waals surface area contributed by atoms with Gasteiger partial charge in [0, 0.05) is 24.9 Å². The van der Waals surface area contributed by atoms with Gasteiger partial charge in [-0.1, -0.05) is 12.1 Å². The van der Waals surface area contributed by atoms with E-state index in [0.29, 0.717) is 6.42 Å². The van der Waals surface area contributed by atoms with Gasteiger partial charge in [0.05, 0.1) is 5.69 Å². The number of carbonyl (C=O) groups excluding carboxylic acids is 1. The predicted molar refractivity (Wildman–Crippen MR) is 69.4 cm³/mol. The first-order valence-corrected chi connectivity index (χ1v) is 6.15. The average molecular weight is 259 g/mol. The van der Waals surface area contributed by atoms with Crippen LogP contribution in [0.25, 0.3) is 0 Å². The van der Waals surface area contributed by atoms with Gasteiger partial charge in [0.25, 0.3) is 0 Å². The third kappa shape index (κ3) is 1.91. The highest BCUT2D eigenvalue weighted by molar-refractivity contribution is 5.94. The Morgan fingerprint density at radius 3 is 2.74 bits per heavy atom. The highest BCUT2D eigenvalue weighted by Crippen LogP contribution is 2.38. The fourth-order valence-corrected chi connectivity index (χ4v) is 2.69. The molecule has 19 heavy (non-hydrogen) atoms. The third-order valence-electron chi connectivity index (χ3n) is 3.54. The van der Waals surface area contributed by atoms with Crippen LogP contribution in [-0.2, 0) is 11.8 Å². The molecule has 2 heterocycles. The van der Waals surface area contributed by atoms with Crippen LogP contribution in [-0.4, -0.2) is 15.7 Å². The summed E-state index contributed by atoms with van der Waals surface area (Å²) in [5.41, 5.74) is 2.86. The van der Waals surface area contributed by atoms with E-state index in [0.717, 1.165) is 22.6 Å². The van der Waals surface area contributed by atoms with Gasteiger partial charge in [-0.3, -0.25) is 9.48 Å². The summed E-state index contributed by atoms with van der Waals surface area (Å²) in [5.74, 6) is 0.373. The number of carbonyl (C=O) groups is 1. The van der Waals surface area contributed by atoms with Crippen LogP contribution in [0.15, 0.2) is 24.3 Å². The first kappa shape index (κ1) is 11.9. The first-order chi connectivity index (χ1) is 9.06. The number of nitrogens with zero attached hydrogens (tertiary/aromatic N) is 2. The number of aryl methyl sites for hydroxylation is 2. The van der Waals surface area contributed by atoms with Crippen LogP contribution in [0.5, 0.6) is 0 Å². The monoisotopic (exact) mass is 259 g/mol. The Balaban J connectivity index is 2.13. The highest BCUT2D eigenvalue weighted by Gasteiger charge is 2.31. The van der Waals surface area contributed by atoms with Gasteiger partial charge in [-0.05, 0) is 24.6 Å². The number of rotatable bonds is 1. The molecule has 5 heteroatoms. The molecule has 3 rings (SSSR count).